The number of piperidine rings is 1. The van der Waals surface area contributed by atoms with Gasteiger partial charge in [-0.2, -0.15) is 5.16 Å². The number of carbonyl (C=O) groups is 1. The second-order valence-electron chi connectivity index (χ2n) is 5.98. The summed E-state index contributed by atoms with van der Waals surface area (Å²) < 4.78 is 23.2. The SMILES string of the molecule is COC(=O)N1CC[C@@H](c2cc(=O)[nH]o2)C[C@@H]1Cc1ccc(F)cc1. The number of likely N-dealkylation sites (tertiary alicyclic amines) is 1. The lowest BCUT2D eigenvalue weighted by Crippen LogP contribution is -2.46. The second kappa shape index (κ2) is 6.90. The van der Waals surface area contributed by atoms with Crippen molar-refractivity contribution in [2.45, 2.75) is 31.2 Å². The zero-order valence-corrected chi connectivity index (χ0v) is 13.3. The molecule has 0 radical (unpaired) electrons. The second-order valence-corrected chi connectivity index (χ2v) is 5.98. The van der Waals surface area contributed by atoms with Crippen LogP contribution in [0.2, 0.25) is 0 Å². The fraction of sp³-hybridized carbons (Fsp3) is 0.412. The average molecular weight is 334 g/mol. The summed E-state index contributed by atoms with van der Waals surface area (Å²) in [5.41, 5.74) is 0.668. The normalized spacial score (nSPS) is 20.8. The number of H-pyrrole nitrogens is 1. The van der Waals surface area contributed by atoms with Crippen LogP contribution in [-0.4, -0.2) is 35.8 Å². The third-order valence-corrected chi connectivity index (χ3v) is 4.45. The van der Waals surface area contributed by atoms with Gasteiger partial charge in [0, 0.05) is 24.6 Å². The fourth-order valence-corrected chi connectivity index (χ4v) is 3.25. The molecule has 6 nitrogen and oxygen atoms in total. The summed E-state index contributed by atoms with van der Waals surface area (Å²) in [7, 11) is 1.36. The van der Waals surface area contributed by atoms with Crippen molar-refractivity contribution in [3.8, 4) is 0 Å². The first-order chi connectivity index (χ1) is 11.6. The minimum absolute atomic E-state index is 0.0512. The van der Waals surface area contributed by atoms with Crippen LogP contribution < -0.4 is 5.56 Å². The number of halogens is 1. The number of nitrogens with zero attached hydrogens (tertiary/aromatic N) is 1. The van der Waals surface area contributed by atoms with Crippen molar-refractivity contribution in [1.29, 1.82) is 0 Å². The molecule has 128 valence electrons. The van der Waals surface area contributed by atoms with E-state index >= 15 is 0 Å². The minimum atomic E-state index is -0.379. The molecular weight excluding hydrogens is 315 g/mol. The highest BCUT2D eigenvalue weighted by Gasteiger charge is 2.34. The molecule has 7 heteroatoms. The minimum Gasteiger partial charge on any atom is -0.453 e. The summed E-state index contributed by atoms with van der Waals surface area (Å²) in [5, 5.41) is 2.30. The van der Waals surface area contributed by atoms with Gasteiger partial charge in [-0.3, -0.25) is 4.79 Å². The summed E-state index contributed by atoms with van der Waals surface area (Å²) in [6, 6.07) is 7.58. The molecule has 1 N–H and O–H groups in total. The lowest BCUT2D eigenvalue weighted by atomic mass is 9.86. The lowest BCUT2D eigenvalue weighted by Gasteiger charge is -2.38. The fourth-order valence-electron chi connectivity index (χ4n) is 3.25. The summed E-state index contributed by atoms with van der Waals surface area (Å²) in [6.45, 7) is 0.512. The Bertz CT molecular complexity index is 752. The Hall–Kier alpha value is -2.57. The predicted octanol–water partition coefficient (Wildman–Crippen LogP) is 2.66. The van der Waals surface area contributed by atoms with Gasteiger partial charge in [0.1, 0.15) is 11.6 Å². The monoisotopic (exact) mass is 334 g/mol. The number of rotatable bonds is 3. The van der Waals surface area contributed by atoms with Gasteiger partial charge in [-0.1, -0.05) is 12.1 Å². The lowest BCUT2D eigenvalue weighted by molar-refractivity contribution is 0.0817. The van der Waals surface area contributed by atoms with Crippen molar-refractivity contribution in [3.63, 3.8) is 0 Å². The maximum atomic E-state index is 13.1. The number of amides is 1. The van der Waals surface area contributed by atoms with Gasteiger partial charge in [0.05, 0.1) is 7.11 Å². The van der Waals surface area contributed by atoms with Gasteiger partial charge >= 0.3 is 6.09 Å². The van der Waals surface area contributed by atoms with Crippen LogP contribution in [0, 0.1) is 5.82 Å². The van der Waals surface area contributed by atoms with E-state index in [1.54, 1.807) is 17.0 Å². The molecule has 3 rings (SSSR count). The van der Waals surface area contributed by atoms with E-state index in [2.05, 4.69) is 5.16 Å². The maximum absolute atomic E-state index is 13.1. The number of hydrogen-bond acceptors (Lipinski definition) is 4. The van der Waals surface area contributed by atoms with E-state index in [9.17, 15) is 14.0 Å². The molecule has 1 aliphatic rings. The molecule has 1 aromatic heterocycles. The first-order valence-corrected chi connectivity index (χ1v) is 7.84. The van der Waals surface area contributed by atoms with Gasteiger partial charge in [-0.25, -0.2) is 9.18 Å². The molecular formula is C17H19FN2O4. The van der Waals surface area contributed by atoms with Crippen LogP contribution in [-0.2, 0) is 11.2 Å². The molecule has 0 saturated carbocycles. The van der Waals surface area contributed by atoms with Gasteiger partial charge in [-0.05, 0) is 37.0 Å². The molecule has 2 aromatic rings. The van der Waals surface area contributed by atoms with E-state index < -0.39 is 0 Å². The van der Waals surface area contributed by atoms with Crippen LogP contribution in [0.1, 0.15) is 30.1 Å². The first-order valence-electron chi connectivity index (χ1n) is 7.84. The summed E-state index contributed by atoms with van der Waals surface area (Å²) in [6.07, 6.45) is 1.54. The number of ether oxygens (including phenoxy) is 1. The van der Waals surface area contributed by atoms with Crippen LogP contribution in [0.3, 0.4) is 0 Å². The number of benzene rings is 1. The molecule has 1 aliphatic heterocycles. The topological polar surface area (TPSA) is 75.5 Å². The van der Waals surface area contributed by atoms with Crippen molar-refractivity contribution >= 4 is 6.09 Å². The van der Waals surface area contributed by atoms with Crippen molar-refractivity contribution in [2.24, 2.45) is 0 Å². The number of carbonyl (C=O) groups excluding carboxylic acids is 1. The largest absolute Gasteiger partial charge is 0.453 e. The van der Waals surface area contributed by atoms with E-state index in [1.165, 1.54) is 25.3 Å². The first kappa shape index (κ1) is 16.3. The Morgan fingerprint density at radius 1 is 1.42 bits per heavy atom. The van der Waals surface area contributed by atoms with Gasteiger partial charge in [0.2, 0.25) is 0 Å². The highest BCUT2D eigenvalue weighted by molar-refractivity contribution is 5.68. The van der Waals surface area contributed by atoms with Crippen LogP contribution in [0.15, 0.2) is 39.6 Å². The Kier molecular flexibility index (Phi) is 4.69. The molecule has 0 spiro atoms. The van der Waals surface area contributed by atoms with Crippen molar-refractivity contribution in [1.82, 2.24) is 10.1 Å². The van der Waals surface area contributed by atoms with E-state index in [4.69, 9.17) is 9.26 Å². The standard InChI is InChI=1S/C17H19FN2O4/c1-23-17(22)20-7-6-12(15-10-16(21)19-24-15)9-14(20)8-11-2-4-13(18)5-3-11/h2-5,10,12,14H,6-9H2,1H3,(H,19,21)/t12-,14+/m1/s1. The summed E-state index contributed by atoms with van der Waals surface area (Å²) in [4.78, 5) is 25.0. The number of aromatic nitrogens is 1. The number of methoxy groups -OCH3 is 1. The van der Waals surface area contributed by atoms with Crippen LogP contribution >= 0.6 is 0 Å². The molecule has 24 heavy (non-hydrogen) atoms. The smallest absolute Gasteiger partial charge is 0.409 e. The van der Waals surface area contributed by atoms with E-state index in [1.807, 2.05) is 0 Å². The van der Waals surface area contributed by atoms with Gasteiger partial charge in [0.25, 0.3) is 5.56 Å². The number of nitrogens with one attached hydrogen (secondary N) is 1. The zero-order valence-electron chi connectivity index (χ0n) is 13.3. The number of hydrogen-bond donors (Lipinski definition) is 1. The molecule has 1 amide bonds. The van der Waals surface area contributed by atoms with Gasteiger partial charge < -0.3 is 14.2 Å². The Morgan fingerprint density at radius 3 is 2.79 bits per heavy atom. The summed E-state index contributed by atoms with van der Waals surface area (Å²) >= 11 is 0. The van der Waals surface area contributed by atoms with Crippen LogP contribution in [0.25, 0.3) is 0 Å². The predicted molar refractivity (Wildman–Crippen MR) is 84.3 cm³/mol. The average Bonchev–Trinajstić information content (AvgIpc) is 3.03. The number of aromatic amines is 1. The maximum Gasteiger partial charge on any atom is 0.409 e. The molecule has 0 aliphatic carbocycles. The third kappa shape index (κ3) is 3.50. The molecule has 1 aromatic carbocycles. The highest BCUT2D eigenvalue weighted by atomic mass is 19.1. The highest BCUT2D eigenvalue weighted by Crippen LogP contribution is 2.32. The zero-order chi connectivity index (χ0) is 17.1. The molecule has 0 bridgehead atoms. The van der Waals surface area contributed by atoms with Gasteiger partial charge in [0.15, 0.2) is 0 Å². The summed E-state index contributed by atoms with van der Waals surface area (Å²) in [5.74, 6) is 0.364. The Morgan fingerprint density at radius 2 is 2.17 bits per heavy atom. The Labute approximate surface area is 138 Å². The van der Waals surface area contributed by atoms with E-state index in [0.29, 0.717) is 31.6 Å². The Balaban J connectivity index is 1.79. The molecule has 1 saturated heterocycles. The van der Waals surface area contributed by atoms with E-state index in [-0.39, 0.29) is 29.4 Å². The van der Waals surface area contributed by atoms with Crippen molar-refractivity contribution in [3.05, 3.63) is 57.8 Å². The quantitative estimate of drug-likeness (QED) is 0.936. The molecule has 1 fully saturated rings. The van der Waals surface area contributed by atoms with Crippen LogP contribution in [0.4, 0.5) is 9.18 Å². The molecule has 2 heterocycles. The van der Waals surface area contributed by atoms with Gasteiger partial charge in [-0.15, -0.1) is 0 Å². The van der Waals surface area contributed by atoms with Crippen molar-refractivity contribution < 1.29 is 18.4 Å². The molecule has 0 unspecified atom stereocenters. The third-order valence-electron chi connectivity index (χ3n) is 4.45. The van der Waals surface area contributed by atoms with Crippen molar-refractivity contribution in [2.75, 3.05) is 13.7 Å². The van der Waals surface area contributed by atoms with Crippen LogP contribution in [0.5, 0.6) is 0 Å². The molecule has 2 atom stereocenters. The van der Waals surface area contributed by atoms with E-state index in [0.717, 1.165) is 5.56 Å².